The number of methoxy groups -OCH3 is 3. The molecule has 388 valence electrons. The molecule has 8 N–H and O–H groups in total. The Balaban J connectivity index is 1.29. The van der Waals surface area contributed by atoms with Gasteiger partial charge in [-0.25, -0.2) is 19.2 Å². The lowest BCUT2D eigenvalue weighted by Crippen LogP contribution is -2.63. The van der Waals surface area contributed by atoms with Gasteiger partial charge in [0.1, 0.15) is 62.2 Å². The minimum absolute atomic E-state index is 0.0585. The summed E-state index contributed by atoms with van der Waals surface area (Å²) in [4.78, 5) is 52.8. The normalized spacial score (nSPS) is 23.9. The predicted molar refractivity (Wildman–Crippen MR) is 252 cm³/mol. The molecule has 0 amide bonds. The fraction of sp³-hybridized carbons (Fsp3) is 0.294. The number of esters is 4. The average Bonchev–Trinajstić information content (AvgIpc) is 3.64. The predicted octanol–water partition coefficient (Wildman–Crippen LogP) is 2.51. The molecule has 0 bridgehead atoms. The van der Waals surface area contributed by atoms with E-state index in [0.717, 1.165) is 24.3 Å². The van der Waals surface area contributed by atoms with Gasteiger partial charge in [0, 0.05) is 24.3 Å². The van der Waals surface area contributed by atoms with E-state index in [1.165, 1.54) is 124 Å². The Labute approximate surface area is 416 Å². The third-order valence-corrected chi connectivity index (χ3v) is 11.0. The Morgan fingerprint density at radius 1 is 0.521 bits per heavy atom. The van der Waals surface area contributed by atoms with Gasteiger partial charge in [-0.05, 0) is 95.1 Å². The summed E-state index contributed by atoms with van der Waals surface area (Å²) in [6.45, 7) is -2.66. The van der Waals surface area contributed by atoms with Crippen LogP contribution < -0.4 is 14.2 Å². The fourth-order valence-corrected chi connectivity index (χ4v) is 7.18. The third kappa shape index (κ3) is 14.4. The van der Waals surface area contributed by atoms with Crippen LogP contribution in [0, 0.1) is 0 Å². The van der Waals surface area contributed by atoms with Gasteiger partial charge in [0.15, 0.2) is 46.9 Å². The molecule has 0 aromatic heterocycles. The van der Waals surface area contributed by atoms with E-state index in [9.17, 15) is 60.0 Å². The number of aliphatic hydroxyl groups is 4. The lowest BCUT2D eigenvalue weighted by atomic mass is 9.98. The molecular formula is C51H52O22. The molecule has 73 heavy (non-hydrogen) atoms. The largest absolute Gasteiger partial charge is 0.508 e. The lowest BCUT2D eigenvalue weighted by Gasteiger charge is -2.43. The number of benzene rings is 4. The van der Waals surface area contributed by atoms with E-state index in [1.54, 1.807) is 0 Å². The minimum atomic E-state index is -2.73. The molecule has 22 nitrogen and oxygen atoms in total. The van der Waals surface area contributed by atoms with Gasteiger partial charge in [-0.15, -0.1) is 0 Å². The van der Waals surface area contributed by atoms with Crippen molar-refractivity contribution in [2.75, 3.05) is 41.2 Å². The molecule has 22 heteroatoms. The van der Waals surface area contributed by atoms with E-state index < -0.39 is 98.5 Å². The van der Waals surface area contributed by atoms with Crippen LogP contribution in [0.4, 0.5) is 0 Å². The Hall–Kier alpha value is -7.96. The molecule has 0 saturated carbocycles. The minimum Gasteiger partial charge on any atom is -0.508 e. The molecule has 2 fully saturated rings. The van der Waals surface area contributed by atoms with Crippen LogP contribution in [0.3, 0.4) is 0 Å². The van der Waals surface area contributed by atoms with Crippen molar-refractivity contribution in [1.29, 1.82) is 0 Å². The second-order valence-electron chi connectivity index (χ2n) is 16.0. The van der Waals surface area contributed by atoms with Gasteiger partial charge >= 0.3 is 23.9 Å². The zero-order chi connectivity index (χ0) is 52.8. The Kier molecular flexibility index (Phi) is 18.6. The molecule has 0 unspecified atom stereocenters. The van der Waals surface area contributed by atoms with Crippen molar-refractivity contribution in [2.24, 2.45) is 0 Å². The van der Waals surface area contributed by atoms with Crippen LogP contribution in [-0.2, 0) is 52.3 Å². The zero-order valence-electron chi connectivity index (χ0n) is 39.2. The monoisotopic (exact) mass is 1020 g/mol. The number of carbonyl (C=O) groups is 4. The summed E-state index contributed by atoms with van der Waals surface area (Å²) >= 11 is 0. The van der Waals surface area contributed by atoms with Gasteiger partial charge in [-0.3, -0.25) is 0 Å². The van der Waals surface area contributed by atoms with Crippen LogP contribution in [-0.4, -0.2) is 161 Å². The summed E-state index contributed by atoms with van der Waals surface area (Å²) in [7, 11) is 3.98. The molecule has 2 aliphatic heterocycles. The Morgan fingerprint density at radius 2 is 0.945 bits per heavy atom. The number of aliphatic hydroxyl groups excluding tert-OH is 4. The van der Waals surface area contributed by atoms with Crippen molar-refractivity contribution < 1.29 is 107 Å². The fourth-order valence-electron chi connectivity index (χ4n) is 7.18. The Morgan fingerprint density at radius 3 is 1.42 bits per heavy atom. The number of carbonyl (C=O) groups excluding carboxylic acids is 4. The summed E-state index contributed by atoms with van der Waals surface area (Å²) < 4.78 is 55.3. The first-order valence-electron chi connectivity index (χ1n) is 22.0. The second-order valence-corrected chi connectivity index (χ2v) is 16.0. The Bertz CT molecular complexity index is 2700. The molecule has 0 aliphatic carbocycles. The summed E-state index contributed by atoms with van der Waals surface area (Å²) in [6, 6.07) is 18.3. The van der Waals surface area contributed by atoms with Crippen LogP contribution in [0.5, 0.6) is 40.2 Å². The molecule has 6 rings (SSSR count). The van der Waals surface area contributed by atoms with Gasteiger partial charge in [0.2, 0.25) is 5.79 Å². The maximum atomic E-state index is 13.6. The summed E-state index contributed by atoms with van der Waals surface area (Å²) in [5.74, 6) is -7.14. The first-order valence-corrected chi connectivity index (χ1v) is 22.0. The van der Waals surface area contributed by atoms with E-state index in [0.29, 0.717) is 22.3 Å². The molecule has 9 atom stereocenters. The number of phenolic OH excluding ortho intramolecular Hbond substituents is 4. The van der Waals surface area contributed by atoms with Gasteiger partial charge in [0.05, 0.1) is 21.3 Å². The second kappa shape index (κ2) is 24.9. The van der Waals surface area contributed by atoms with Crippen molar-refractivity contribution in [3.63, 3.8) is 0 Å². The van der Waals surface area contributed by atoms with Crippen LogP contribution >= 0.6 is 0 Å². The van der Waals surface area contributed by atoms with Gasteiger partial charge in [0.25, 0.3) is 0 Å². The average molecular weight is 1020 g/mol. The van der Waals surface area contributed by atoms with E-state index in [2.05, 4.69) is 0 Å². The highest BCUT2D eigenvalue weighted by Gasteiger charge is 2.62. The van der Waals surface area contributed by atoms with Crippen molar-refractivity contribution in [3.8, 4) is 40.2 Å². The maximum Gasteiger partial charge on any atom is 0.331 e. The molecule has 0 spiro atoms. The first-order chi connectivity index (χ1) is 34.9. The van der Waals surface area contributed by atoms with E-state index in [4.69, 9.17) is 47.4 Å². The maximum absolute atomic E-state index is 13.6. The molecule has 2 heterocycles. The molecule has 0 radical (unpaired) electrons. The number of hydrogen-bond donors (Lipinski definition) is 8. The van der Waals surface area contributed by atoms with Gasteiger partial charge in [-0.1, -0.05) is 30.3 Å². The number of aromatic hydroxyl groups is 4. The number of rotatable bonds is 20. The molecule has 2 aliphatic rings. The number of ether oxygens (including phenoxy) is 10. The highest BCUT2D eigenvalue weighted by atomic mass is 16.8. The standard InChI is InChI=1S/C51H52O22/c1-64-36-22-29(6-15-33(36)53)10-18-41(56)67-25-39-45(60)47(62)48(63)50(70-39)73-51(27-69-43(58)20-12-31-8-17-35(55)38(24-31)66-3)49(71-44(59)21-9-28-4-13-32(52)14-5-28)46(61)40(72-51)26-68-42(57)19-11-30-7-16-34(54)37(23-30)65-2/h4-24,39-40,45-50,52-55,60-63H,25-27H2,1-3H3/b18-10+,19-11-,20-12-,21-9-/t39-,40-,45-,46-,47+,48-,49+,50-,51+/m1/s1. The third-order valence-electron chi connectivity index (χ3n) is 11.0. The highest BCUT2D eigenvalue weighted by Crippen LogP contribution is 2.39. The van der Waals surface area contributed by atoms with Crippen molar-refractivity contribution in [1.82, 2.24) is 0 Å². The molecule has 2 saturated heterocycles. The summed E-state index contributed by atoms with van der Waals surface area (Å²) in [5.41, 5.74) is 1.64. The van der Waals surface area contributed by atoms with Crippen molar-refractivity contribution in [2.45, 2.75) is 54.8 Å². The number of hydrogen-bond acceptors (Lipinski definition) is 22. The first kappa shape index (κ1) is 54.4. The summed E-state index contributed by atoms with van der Waals surface area (Å²) in [6.07, 6.45) is -6.60. The van der Waals surface area contributed by atoms with E-state index >= 15 is 0 Å². The van der Waals surface area contributed by atoms with Crippen LogP contribution in [0.1, 0.15) is 22.3 Å². The van der Waals surface area contributed by atoms with Crippen LogP contribution in [0.25, 0.3) is 24.3 Å². The zero-order valence-corrected chi connectivity index (χ0v) is 39.2. The molecule has 4 aromatic carbocycles. The highest BCUT2D eigenvalue weighted by molar-refractivity contribution is 5.89. The smallest absolute Gasteiger partial charge is 0.331 e. The van der Waals surface area contributed by atoms with E-state index in [1.807, 2.05) is 0 Å². The summed E-state index contributed by atoms with van der Waals surface area (Å²) in [5, 5.41) is 84.7. The van der Waals surface area contributed by atoms with Crippen LogP contribution in [0.2, 0.25) is 0 Å². The lowest BCUT2D eigenvalue weighted by molar-refractivity contribution is -0.383. The van der Waals surface area contributed by atoms with Crippen molar-refractivity contribution in [3.05, 3.63) is 125 Å². The van der Waals surface area contributed by atoms with Crippen molar-refractivity contribution >= 4 is 48.2 Å². The molecule has 4 aromatic rings. The van der Waals surface area contributed by atoms with Gasteiger partial charge in [-0.2, -0.15) is 0 Å². The molecular weight excluding hydrogens is 965 g/mol. The SMILES string of the molecule is COc1cc(/C=C\C(=O)OC[C@H]2O[C@@](COC(=O)/C=C\c3ccc(O)c(OC)c3)(O[C@H]3O[C@H](COC(=O)/C=C/c4ccc(O)c(OC)c4)[C@@H](O)[C@H](O)[C@H]3O)[C@@H](OC(=O)/C=C\c3ccc(O)cc3)[C@@H]2O)ccc1O. The topological polar surface area (TPSA) is 322 Å². The quantitative estimate of drug-likeness (QED) is 0.0358. The number of phenols is 4. The van der Waals surface area contributed by atoms with Gasteiger partial charge < -0.3 is 88.2 Å². The van der Waals surface area contributed by atoms with Crippen LogP contribution in [0.15, 0.2) is 103 Å². The van der Waals surface area contributed by atoms with E-state index in [-0.39, 0.29) is 40.2 Å².